The fourth-order valence-electron chi connectivity index (χ4n) is 4.86. The SMILES string of the molecule is CS(=O)(=O)CCCNC1C2CC3CC(C2)CC1C3. The van der Waals surface area contributed by atoms with Gasteiger partial charge in [0.15, 0.2) is 0 Å². The van der Waals surface area contributed by atoms with Crippen LogP contribution in [0.2, 0.25) is 0 Å². The average Bonchev–Trinajstić information content (AvgIpc) is 2.24. The molecule has 4 aliphatic carbocycles. The minimum Gasteiger partial charge on any atom is -0.313 e. The molecule has 104 valence electrons. The molecule has 0 heterocycles. The standard InChI is InChI=1S/C14H25NO2S/c1-18(16,17)4-2-3-15-14-12-6-10-5-11(8-12)9-13(14)7-10/h10-15H,2-9H2,1H3. The Labute approximate surface area is 111 Å². The molecule has 4 bridgehead atoms. The molecule has 18 heavy (non-hydrogen) atoms. The highest BCUT2D eigenvalue weighted by molar-refractivity contribution is 7.90. The van der Waals surface area contributed by atoms with Crippen LogP contribution in [0, 0.1) is 23.7 Å². The van der Waals surface area contributed by atoms with Gasteiger partial charge in [0.25, 0.3) is 0 Å². The molecule has 0 aromatic carbocycles. The fourth-order valence-corrected chi connectivity index (χ4v) is 5.53. The molecular formula is C14H25NO2S. The van der Waals surface area contributed by atoms with Crippen LogP contribution in [0.1, 0.15) is 38.5 Å². The molecule has 0 spiro atoms. The smallest absolute Gasteiger partial charge is 0.147 e. The van der Waals surface area contributed by atoms with E-state index in [1.165, 1.54) is 38.4 Å². The summed E-state index contributed by atoms with van der Waals surface area (Å²) >= 11 is 0. The number of sulfone groups is 1. The minimum absolute atomic E-state index is 0.327. The Hall–Kier alpha value is -0.0900. The van der Waals surface area contributed by atoms with Crippen LogP contribution in [0.15, 0.2) is 0 Å². The van der Waals surface area contributed by atoms with Crippen molar-refractivity contribution in [3.63, 3.8) is 0 Å². The van der Waals surface area contributed by atoms with Gasteiger partial charge in [0, 0.05) is 12.3 Å². The average molecular weight is 271 g/mol. The van der Waals surface area contributed by atoms with Gasteiger partial charge in [-0.3, -0.25) is 0 Å². The van der Waals surface area contributed by atoms with Crippen molar-refractivity contribution in [2.45, 2.75) is 44.6 Å². The van der Waals surface area contributed by atoms with Crippen molar-refractivity contribution >= 4 is 9.84 Å². The Balaban J connectivity index is 1.49. The number of rotatable bonds is 5. The summed E-state index contributed by atoms with van der Waals surface area (Å²) in [7, 11) is -2.79. The van der Waals surface area contributed by atoms with Gasteiger partial charge in [-0.05, 0) is 68.7 Å². The summed E-state index contributed by atoms with van der Waals surface area (Å²) in [5.74, 6) is 4.13. The Morgan fingerprint density at radius 3 is 2.06 bits per heavy atom. The molecule has 4 aliphatic rings. The molecular weight excluding hydrogens is 246 g/mol. The number of hydrogen-bond acceptors (Lipinski definition) is 3. The Kier molecular flexibility index (Phi) is 3.43. The molecule has 0 saturated heterocycles. The van der Waals surface area contributed by atoms with Crippen LogP contribution in [0.5, 0.6) is 0 Å². The zero-order chi connectivity index (χ0) is 12.8. The molecule has 3 nitrogen and oxygen atoms in total. The summed E-state index contributed by atoms with van der Waals surface area (Å²) in [6, 6.07) is 0.692. The summed E-state index contributed by atoms with van der Waals surface area (Å²) in [4.78, 5) is 0. The maximum atomic E-state index is 11.1. The minimum atomic E-state index is -2.79. The van der Waals surface area contributed by atoms with E-state index >= 15 is 0 Å². The molecule has 0 unspecified atom stereocenters. The monoisotopic (exact) mass is 271 g/mol. The van der Waals surface area contributed by atoms with Crippen molar-refractivity contribution in [3.8, 4) is 0 Å². The van der Waals surface area contributed by atoms with Gasteiger partial charge >= 0.3 is 0 Å². The topological polar surface area (TPSA) is 46.2 Å². The highest BCUT2D eigenvalue weighted by Gasteiger charge is 2.47. The fraction of sp³-hybridized carbons (Fsp3) is 1.00. The van der Waals surface area contributed by atoms with E-state index in [0.29, 0.717) is 11.8 Å². The van der Waals surface area contributed by atoms with E-state index in [1.807, 2.05) is 0 Å². The van der Waals surface area contributed by atoms with Gasteiger partial charge in [0.2, 0.25) is 0 Å². The third-order valence-corrected chi connectivity index (χ3v) is 6.33. The maximum Gasteiger partial charge on any atom is 0.147 e. The van der Waals surface area contributed by atoms with Gasteiger partial charge in [0.1, 0.15) is 9.84 Å². The van der Waals surface area contributed by atoms with Gasteiger partial charge in [-0.1, -0.05) is 0 Å². The lowest BCUT2D eigenvalue weighted by Gasteiger charge is -2.54. The van der Waals surface area contributed by atoms with Crippen LogP contribution in [-0.4, -0.2) is 33.0 Å². The quantitative estimate of drug-likeness (QED) is 0.776. The van der Waals surface area contributed by atoms with Crippen LogP contribution < -0.4 is 5.32 Å². The summed E-state index contributed by atoms with van der Waals surface area (Å²) in [5, 5.41) is 3.67. The molecule has 4 fully saturated rings. The predicted molar refractivity (Wildman–Crippen MR) is 73.2 cm³/mol. The lowest BCUT2D eigenvalue weighted by Crippen LogP contribution is -2.54. The second-order valence-electron chi connectivity index (χ2n) is 6.89. The van der Waals surface area contributed by atoms with Crippen molar-refractivity contribution < 1.29 is 8.42 Å². The Morgan fingerprint density at radius 2 is 1.56 bits per heavy atom. The van der Waals surface area contributed by atoms with Crippen LogP contribution in [0.4, 0.5) is 0 Å². The molecule has 0 amide bonds. The molecule has 1 N–H and O–H groups in total. The van der Waals surface area contributed by atoms with E-state index in [1.54, 1.807) is 0 Å². The van der Waals surface area contributed by atoms with Crippen LogP contribution in [0.25, 0.3) is 0 Å². The summed E-state index contributed by atoms with van der Waals surface area (Å²) in [6.45, 7) is 0.875. The number of hydrogen-bond donors (Lipinski definition) is 1. The lowest BCUT2D eigenvalue weighted by atomic mass is 9.54. The first-order valence-electron chi connectivity index (χ1n) is 7.42. The van der Waals surface area contributed by atoms with Gasteiger partial charge in [-0.25, -0.2) is 8.42 Å². The predicted octanol–water partition coefficient (Wildman–Crippen LogP) is 1.84. The molecule has 0 aliphatic heterocycles. The van der Waals surface area contributed by atoms with Crippen molar-refractivity contribution in [2.24, 2.45) is 23.7 Å². The highest BCUT2D eigenvalue weighted by Crippen LogP contribution is 2.53. The third-order valence-electron chi connectivity index (χ3n) is 5.30. The van der Waals surface area contributed by atoms with E-state index in [-0.39, 0.29) is 0 Å². The Bertz CT molecular complexity index is 376. The second-order valence-corrected chi connectivity index (χ2v) is 9.15. The highest BCUT2D eigenvalue weighted by atomic mass is 32.2. The lowest BCUT2D eigenvalue weighted by molar-refractivity contribution is -0.0134. The molecule has 4 rings (SSSR count). The number of nitrogens with one attached hydrogen (secondary N) is 1. The van der Waals surface area contributed by atoms with E-state index in [4.69, 9.17) is 0 Å². The van der Waals surface area contributed by atoms with Crippen molar-refractivity contribution in [3.05, 3.63) is 0 Å². The van der Waals surface area contributed by atoms with Crippen LogP contribution in [-0.2, 0) is 9.84 Å². The molecule has 4 heteroatoms. The normalized spacial score (nSPS) is 42.4. The van der Waals surface area contributed by atoms with Gasteiger partial charge in [-0.2, -0.15) is 0 Å². The van der Waals surface area contributed by atoms with Crippen molar-refractivity contribution in [2.75, 3.05) is 18.6 Å². The largest absolute Gasteiger partial charge is 0.313 e. The van der Waals surface area contributed by atoms with E-state index in [0.717, 1.165) is 36.6 Å². The molecule has 0 aromatic heterocycles. The van der Waals surface area contributed by atoms with Gasteiger partial charge in [0.05, 0.1) is 5.75 Å². The Morgan fingerprint density at radius 1 is 1.00 bits per heavy atom. The van der Waals surface area contributed by atoms with Crippen molar-refractivity contribution in [1.29, 1.82) is 0 Å². The first-order chi connectivity index (χ1) is 8.51. The first-order valence-corrected chi connectivity index (χ1v) is 9.48. The zero-order valence-electron chi connectivity index (χ0n) is 11.3. The van der Waals surface area contributed by atoms with Crippen LogP contribution >= 0.6 is 0 Å². The van der Waals surface area contributed by atoms with Gasteiger partial charge in [-0.15, -0.1) is 0 Å². The summed E-state index contributed by atoms with van der Waals surface area (Å²) < 4.78 is 22.2. The van der Waals surface area contributed by atoms with Gasteiger partial charge < -0.3 is 5.32 Å². The van der Waals surface area contributed by atoms with E-state index < -0.39 is 9.84 Å². The van der Waals surface area contributed by atoms with Crippen LogP contribution in [0.3, 0.4) is 0 Å². The van der Waals surface area contributed by atoms with E-state index in [2.05, 4.69) is 5.32 Å². The van der Waals surface area contributed by atoms with Crippen molar-refractivity contribution in [1.82, 2.24) is 5.32 Å². The summed E-state index contributed by atoms with van der Waals surface area (Å²) in [5.41, 5.74) is 0. The summed E-state index contributed by atoms with van der Waals surface area (Å²) in [6.07, 6.45) is 9.30. The first kappa shape index (κ1) is 12.9. The van der Waals surface area contributed by atoms with E-state index in [9.17, 15) is 8.42 Å². The molecule has 0 atom stereocenters. The molecule has 0 aromatic rings. The second kappa shape index (κ2) is 4.78. The zero-order valence-corrected chi connectivity index (χ0v) is 12.1. The maximum absolute atomic E-state index is 11.1. The molecule has 0 radical (unpaired) electrons. The third kappa shape index (κ3) is 2.74. The molecule has 4 saturated carbocycles.